The summed E-state index contributed by atoms with van der Waals surface area (Å²) in [6.45, 7) is 10.5. The van der Waals surface area contributed by atoms with Crippen molar-refractivity contribution < 1.29 is 23.4 Å². The summed E-state index contributed by atoms with van der Waals surface area (Å²) in [4.78, 5) is 12.5. The quantitative estimate of drug-likeness (QED) is 0.326. The molecule has 1 amide bonds. The summed E-state index contributed by atoms with van der Waals surface area (Å²) in [6.07, 6.45) is 5.02. The number of rotatable bonds is 11. The fourth-order valence-corrected chi connectivity index (χ4v) is 3.89. The zero-order valence-electron chi connectivity index (χ0n) is 21.8. The zero-order chi connectivity index (χ0) is 26.2. The highest BCUT2D eigenvalue weighted by atomic mass is 19.1. The van der Waals surface area contributed by atoms with Gasteiger partial charge in [0.25, 0.3) is 0 Å². The van der Waals surface area contributed by atoms with Gasteiger partial charge in [-0.05, 0) is 83.1 Å². The van der Waals surface area contributed by atoms with Gasteiger partial charge in [-0.25, -0.2) is 13.6 Å². The maximum absolute atomic E-state index is 14.1. The molecule has 194 valence electrons. The lowest BCUT2D eigenvalue weighted by molar-refractivity contribution is 0.0419. The van der Waals surface area contributed by atoms with E-state index in [1.54, 1.807) is 33.8 Å². The molecule has 0 aliphatic heterocycles. The third-order valence-corrected chi connectivity index (χ3v) is 5.94. The van der Waals surface area contributed by atoms with E-state index in [0.717, 1.165) is 32.3 Å². The van der Waals surface area contributed by atoms with Crippen LogP contribution >= 0.6 is 0 Å². The van der Waals surface area contributed by atoms with Crippen molar-refractivity contribution in [2.45, 2.75) is 90.5 Å². The lowest BCUT2D eigenvalue weighted by atomic mass is 9.98. The fourth-order valence-electron chi connectivity index (χ4n) is 3.89. The Morgan fingerprint density at radius 1 is 1.26 bits per heavy atom. The minimum Gasteiger partial charge on any atom is -0.444 e. The number of aliphatic hydroxyl groups excluding tert-OH is 1. The number of carbonyl (C=O) groups is 1. The summed E-state index contributed by atoms with van der Waals surface area (Å²) in [5.41, 5.74) is 2.05. The molecule has 1 saturated carbocycles. The SMILES string of the molecule is C\C=C(/C=C(F)\C=C(/C)F)CC(NC(=O)OC(C)(C)C)C(O)CNC1(c2cccc(CC)c2)CC1. The Labute approximate surface area is 208 Å². The standard InChI is InChI=1S/C28H40F2N2O3/c1-7-20-10-9-11-22(15-20)28(12-13-28)31-18-25(33)24(32-26(34)35-27(4,5)6)17-21(8-2)16-23(30)14-19(3)29/h8-11,14-16,24-25,31,33H,7,12-13,17-18H2,1-6H3,(H,32,34)/b19-14+,21-8+,23-16+. The van der Waals surface area contributed by atoms with Gasteiger partial charge in [0.2, 0.25) is 0 Å². The van der Waals surface area contributed by atoms with Crippen LogP contribution in [0.25, 0.3) is 0 Å². The van der Waals surface area contributed by atoms with Crippen molar-refractivity contribution in [2.24, 2.45) is 0 Å². The van der Waals surface area contributed by atoms with Crippen LogP contribution in [0, 0.1) is 0 Å². The molecule has 5 nitrogen and oxygen atoms in total. The average molecular weight is 491 g/mol. The first-order chi connectivity index (χ1) is 16.4. The Morgan fingerprint density at radius 3 is 2.49 bits per heavy atom. The van der Waals surface area contributed by atoms with E-state index in [1.165, 1.54) is 17.2 Å². The molecule has 2 atom stereocenters. The van der Waals surface area contributed by atoms with Crippen LogP contribution in [0.5, 0.6) is 0 Å². The Kier molecular flexibility index (Phi) is 10.2. The second kappa shape index (κ2) is 12.5. The van der Waals surface area contributed by atoms with Gasteiger partial charge in [-0.2, -0.15) is 0 Å². The van der Waals surface area contributed by atoms with E-state index in [2.05, 4.69) is 35.8 Å². The number of ether oxygens (including phenoxy) is 1. The second-order valence-corrected chi connectivity index (χ2v) is 10.2. The number of hydrogen-bond acceptors (Lipinski definition) is 4. The summed E-state index contributed by atoms with van der Waals surface area (Å²) in [5, 5.41) is 17.3. The highest BCUT2D eigenvalue weighted by Crippen LogP contribution is 2.45. The van der Waals surface area contributed by atoms with Gasteiger partial charge >= 0.3 is 6.09 Å². The number of alkyl carbamates (subject to hydrolysis) is 1. The van der Waals surface area contributed by atoms with E-state index in [1.807, 2.05) is 6.07 Å². The molecule has 0 radical (unpaired) electrons. The number of halogens is 2. The predicted molar refractivity (Wildman–Crippen MR) is 136 cm³/mol. The molecule has 0 spiro atoms. The summed E-state index contributed by atoms with van der Waals surface area (Å²) in [7, 11) is 0. The largest absolute Gasteiger partial charge is 0.444 e. The summed E-state index contributed by atoms with van der Waals surface area (Å²) in [5.74, 6) is -1.39. The van der Waals surface area contributed by atoms with Gasteiger partial charge in [0.05, 0.1) is 18.0 Å². The third-order valence-electron chi connectivity index (χ3n) is 5.94. The van der Waals surface area contributed by atoms with Crippen LogP contribution in [0.3, 0.4) is 0 Å². The molecule has 2 unspecified atom stereocenters. The number of aryl methyl sites for hydroxylation is 1. The van der Waals surface area contributed by atoms with Crippen LogP contribution in [-0.4, -0.2) is 35.5 Å². The molecule has 1 aliphatic rings. The van der Waals surface area contributed by atoms with Crippen LogP contribution in [-0.2, 0) is 16.7 Å². The number of nitrogens with one attached hydrogen (secondary N) is 2. The Morgan fingerprint density at radius 2 is 1.94 bits per heavy atom. The minimum absolute atomic E-state index is 0.142. The molecule has 0 heterocycles. The van der Waals surface area contributed by atoms with Crippen LogP contribution < -0.4 is 10.6 Å². The first kappa shape index (κ1) is 28.7. The fraction of sp³-hybridized carbons (Fsp3) is 0.536. The Balaban J connectivity index is 2.16. The number of benzene rings is 1. The van der Waals surface area contributed by atoms with Crippen molar-refractivity contribution >= 4 is 6.09 Å². The molecule has 1 aliphatic carbocycles. The molecular weight excluding hydrogens is 450 g/mol. The van der Waals surface area contributed by atoms with Crippen molar-refractivity contribution in [3.05, 3.63) is 70.8 Å². The van der Waals surface area contributed by atoms with Crippen molar-refractivity contribution in [1.29, 1.82) is 0 Å². The zero-order valence-corrected chi connectivity index (χ0v) is 21.8. The van der Waals surface area contributed by atoms with Crippen LogP contribution in [0.15, 0.2) is 59.7 Å². The maximum atomic E-state index is 14.1. The third kappa shape index (κ3) is 9.57. The molecule has 0 bridgehead atoms. The normalized spacial score (nSPS) is 18.1. The number of aliphatic hydroxyl groups is 1. The minimum atomic E-state index is -0.973. The number of allylic oxidation sites excluding steroid dienone is 5. The van der Waals surface area contributed by atoms with Crippen LogP contribution in [0.4, 0.5) is 13.6 Å². The molecule has 2 rings (SSSR count). The lowest BCUT2D eigenvalue weighted by Crippen LogP contribution is -2.50. The van der Waals surface area contributed by atoms with Gasteiger partial charge in [-0.1, -0.05) is 37.3 Å². The van der Waals surface area contributed by atoms with Gasteiger partial charge in [-0.3, -0.25) is 0 Å². The highest BCUT2D eigenvalue weighted by Gasteiger charge is 2.44. The number of amides is 1. The van der Waals surface area contributed by atoms with E-state index < -0.39 is 35.5 Å². The molecule has 1 aromatic rings. The number of hydrogen-bond donors (Lipinski definition) is 3. The van der Waals surface area contributed by atoms with Gasteiger partial charge in [-0.15, -0.1) is 0 Å². The summed E-state index contributed by atoms with van der Waals surface area (Å²) >= 11 is 0. The van der Waals surface area contributed by atoms with Crippen molar-refractivity contribution in [2.75, 3.05) is 6.54 Å². The van der Waals surface area contributed by atoms with Gasteiger partial charge in [0.1, 0.15) is 11.4 Å². The highest BCUT2D eigenvalue weighted by molar-refractivity contribution is 5.68. The predicted octanol–water partition coefficient (Wildman–Crippen LogP) is 6.15. The summed E-state index contributed by atoms with van der Waals surface area (Å²) < 4.78 is 32.5. The molecule has 0 saturated heterocycles. The monoisotopic (exact) mass is 490 g/mol. The maximum Gasteiger partial charge on any atom is 0.407 e. The van der Waals surface area contributed by atoms with Crippen LogP contribution in [0.2, 0.25) is 0 Å². The van der Waals surface area contributed by atoms with Gasteiger partial charge < -0.3 is 20.5 Å². The first-order valence-electron chi connectivity index (χ1n) is 12.3. The van der Waals surface area contributed by atoms with Crippen LogP contribution in [0.1, 0.15) is 71.9 Å². The van der Waals surface area contributed by atoms with E-state index in [-0.39, 0.29) is 18.5 Å². The molecule has 35 heavy (non-hydrogen) atoms. The molecule has 1 aromatic carbocycles. The smallest absolute Gasteiger partial charge is 0.407 e. The topological polar surface area (TPSA) is 70.6 Å². The van der Waals surface area contributed by atoms with E-state index >= 15 is 0 Å². The van der Waals surface area contributed by atoms with Crippen molar-refractivity contribution in [3.8, 4) is 0 Å². The molecular formula is C28H40F2N2O3. The van der Waals surface area contributed by atoms with Gasteiger partial charge in [0.15, 0.2) is 0 Å². The van der Waals surface area contributed by atoms with Crippen molar-refractivity contribution in [1.82, 2.24) is 10.6 Å². The molecule has 0 aromatic heterocycles. The Hall–Kier alpha value is -2.51. The van der Waals surface area contributed by atoms with E-state index in [0.29, 0.717) is 5.57 Å². The van der Waals surface area contributed by atoms with E-state index in [4.69, 9.17) is 4.74 Å². The number of carbonyl (C=O) groups excluding carboxylic acids is 1. The van der Waals surface area contributed by atoms with E-state index in [9.17, 15) is 18.7 Å². The van der Waals surface area contributed by atoms with Gasteiger partial charge in [0, 0.05) is 18.2 Å². The second-order valence-electron chi connectivity index (χ2n) is 10.2. The molecule has 3 N–H and O–H groups in total. The Bertz CT molecular complexity index is 955. The average Bonchev–Trinajstić information content (AvgIpc) is 3.55. The summed E-state index contributed by atoms with van der Waals surface area (Å²) in [6, 6.07) is 7.68. The molecule has 1 fully saturated rings. The molecule has 7 heteroatoms. The first-order valence-corrected chi connectivity index (χ1v) is 12.3. The van der Waals surface area contributed by atoms with Crippen molar-refractivity contribution in [3.63, 3.8) is 0 Å². The lowest BCUT2D eigenvalue weighted by Gasteiger charge is -2.29.